The van der Waals surface area contributed by atoms with Gasteiger partial charge >= 0.3 is 23.9 Å². The van der Waals surface area contributed by atoms with E-state index in [-0.39, 0.29) is 169 Å². The molecule has 4 amide bonds. The first kappa shape index (κ1) is 74.5. The largest absolute Gasteiger partial charge is 0.481 e. The van der Waals surface area contributed by atoms with Gasteiger partial charge in [0.15, 0.2) is 0 Å². The Hall–Kier alpha value is -5.45. The van der Waals surface area contributed by atoms with Gasteiger partial charge in [-0.3, -0.25) is 47.9 Å². The van der Waals surface area contributed by atoms with Crippen LogP contribution in [-0.4, -0.2) is 198 Å². The average Bonchev–Trinajstić information content (AvgIpc) is 3.40. The highest BCUT2D eigenvalue weighted by Crippen LogP contribution is 2.32. The molecule has 0 aliphatic heterocycles. The molecule has 1 fully saturated rings. The van der Waals surface area contributed by atoms with Crippen molar-refractivity contribution in [2.45, 2.75) is 154 Å². The van der Waals surface area contributed by atoms with E-state index in [2.05, 4.69) is 21.3 Å². The second-order valence-electron chi connectivity index (χ2n) is 19.5. The lowest BCUT2D eigenvalue weighted by molar-refractivity contribution is -0.145. The number of rotatable bonds is 48. The Morgan fingerprint density at radius 2 is 1.16 bits per heavy atom. The molecule has 0 aromatic carbocycles. The summed E-state index contributed by atoms with van der Waals surface area (Å²) in [6.45, 7) is 4.93. The summed E-state index contributed by atoms with van der Waals surface area (Å²) in [5, 5.41) is 56.4. The van der Waals surface area contributed by atoms with Crippen molar-refractivity contribution in [2.75, 3.05) is 84.1 Å². The molecule has 0 heterocycles. The Balaban J connectivity index is 0.00000980. The van der Waals surface area contributed by atoms with E-state index >= 15 is 0 Å². The first-order valence-electron chi connectivity index (χ1n) is 27.4. The molecule has 0 aromatic heterocycles. The van der Waals surface area contributed by atoms with E-state index in [1.165, 1.54) is 18.7 Å². The molecule has 80 heavy (non-hydrogen) atoms. The minimum absolute atomic E-state index is 0.0275. The van der Waals surface area contributed by atoms with Crippen LogP contribution >= 0.6 is 11.8 Å². The summed E-state index contributed by atoms with van der Waals surface area (Å²) in [7, 11) is 0. The molecule has 1 aliphatic rings. The van der Waals surface area contributed by atoms with Gasteiger partial charge in [-0.25, -0.2) is 9.59 Å². The van der Waals surface area contributed by atoms with Crippen molar-refractivity contribution in [2.24, 2.45) is 29.4 Å². The number of amides is 4. The maximum atomic E-state index is 12.8. The second-order valence-corrected chi connectivity index (χ2v) is 20.5. The summed E-state index contributed by atoms with van der Waals surface area (Å²) in [5.74, 6) is -7.93. The molecule has 27 heteroatoms. The maximum absolute atomic E-state index is 12.8. The van der Waals surface area contributed by atoms with Crippen LogP contribution in [0.2, 0.25) is 0 Å². The third-order valence-electron chi connectivity index (χ3n) is 12.8. The number of aliphatic hydroxyl groups excluding tert-OH is 1. The van der Waals surface area contributed by atoms with Gasteiger partial charge in [0, 0.05) is 75.8 Å². The first-order valence-corrected chi connectivity index (χ1v) is 28.5. The zero-order valence-corrected chi connectivity index (χ0v) is 47.5. The first-order chi connectivity index (χ1) is 38.0. The van der Waals surface area contributed by atoms with Crippen molar-refractivity contribution < 1.29 is 102 Å². The van der Waals surface area contributed by atoms with Crippen LogP contribution < -0.4 is 27.0 Å². The van der Waals surface area contributed by atoms with Crippen LogP contribution in [0.5, 0.6) is 0 Å². The Labute approximate surface area is 472 Å². The van der Waals surface area contributed by atoms with E-state index in [4.69, 9.17) is 40.0 Å². The number of aliphatic carboxylic acids is 4. The molecule has 11 N–H and O–H groups in total. The van der Waals surface area contributed by atoms with Gasteiger partial charge in [-0.05, 0) is 96.8 Å². The molecule has 0 saturated heterocycles. The molecule has 1 rings (SSSR count). The Morgan fingerprint density at radius 1 is 0.600 bits per heavy atom. The number of aliphatic hydroxyl groups is 1. The van der Waals surface area contributed by atoms with Gasteiger partial charge in [0.2, 0.25) is 23.6 Å². The molecule has 5 atom stereocenters. The maximum Gasteiger partial charge on any atom is 0.326 e. The summed E-state index contributed by atoms with van der Waals surface area (Å²) in [6.07, 6.45) is 5.82. The number of thioether (sulfide) groups is 1. The van der Waals surface area contributed by atoms with E-state index in [0.717, 1.165) is 12.8 Å². The molecular weight excluding hydrogens is 1070 g/mol. The number of hydrogen-bond acceptors (Lipinski definition) is 19. The van der Waals surface area contributed by atoms with E-state index in [1.807, 2.05) is 0 Å². The molecule has 458 valence electrons. The molecule has 0 unspecified atom stereocenters. The van der Waals surface area contributed by atoms with Crippen molar-refractivity contribution in [3.8, 4) is 0 Å². The van der Waals surface area contributed by atoms with E-state index in [0.29, 0.717) is 63.5 Å². The van der Waals surface area contributed by atoms with Gasteiger partial charge in [-0.1, -0.05) is 6.92 Å². The quantitative estimate of drug-likeness (QED) is 0.0386. The predicted molar refractivity (Wildman–Crippen MR) is 290 cm³/mol. The highest BCUT2D eigenvalue weighted by Gasteiger charge is 2.30. The van der Waals surface area contributed by atoms with Gasteiger partial charge in [0.1, 0.15) is 48.4 Å². The molecule has 0 aromatic rings. The zero-order chi connectivity index (χ0) is 60.3. The van der Waals surface area contributed by atoms with Crippen LogP contribution in [0.15, 0.2) is 0 Å². The Kier molecular flexibility index (Phi) is 43.0. The standard InChI is InChI=1S/C49H80N4O20S.C4H9NO/c1-2-34(41(57)27-36(28-54)47(64)65)31-74-32-44(60)50-19-4-3-9-39(48(66)67)52-43(59)30-73-26-24-71-22-20-51-42(58)29-72-25-23-70-21-6-8-38(56)17-18-40(49(68)69)53-46(63)35-14-11-33(12-15-35)13-16-37(55)7-5-10-45(61)62;1-3(5)4(2)6/h33-36,39-40,54H,2-32H2,1H3,(H,50,60)(H,51,58)(H,52,59)(H,53,63)(H,61,62)(H,64,65)(H,66,67)(H,68,69);3H,5H2,1-2H3/t33?,34-,35?,36-,39-,40+;3-/m00/s1. The average molecular weight is 1160 g/mol. The molecular formula is C53H89N5O21S. The normalized spacial score (nSPS) is 15.8. The molecule has 0 spiro atoms. The molecule has 26 nitrogen and oxygen atoms in total. The number of hydrogen-bond donors (Lipinski definition) is 10. The molecule has 0 bridgehead atoms. The van der Waals surface area contributed by atoms with Crippen LogP contribution in [-0.2, 0) is 76.5 Å². The van der Waals surface area contributed by atoms with Gasteiger partial charge in [-0.2, -0.15) is 11.8 Å². The van der Waals surface area contributed by atoms with Crippen LogP contribution in [0.1, 0.15) is 136 Å². The van der Waals surface area contributed by atoms with Crippen molar-refractivity contribution in [3.05, 3.63) is 0 Å². The summed E-state index contributed by atoms with van der Waals surface area (Å²) >= 11 is 1.23. The van der Waals surface area contributed by atoms with Gasteiger partial charge in [-0.15, -0.1) is 0 Å². The summed E-state index contributed by atoms with van der Waals surface area (Å²) in [4.78, 5) is 141. The summed E-state index contributed by atoms with van der Waals surface area (Å²) in [5.41, 5.74) is 5.09. The Morgan fingerprint density at radius 3 is 1.74 bits per heavy atom. The van der Waals surface area contributed by atoms with Crippen LogP contribution in [0.3, 0.4) is 0 Å². The highest BCUT2D eigenvalue weighted by atomic mass is 32.2. The van der Waals surface area contributed by atoms with Gasteiger partial charge < -0.3 is 71.5 Å². The number of Topliss-reactive ketones (excluding diaryl/α,β-unsaturated/α-hetero) is 4. The number of carboxylic acids is 4. The van der Waals surface area contributed by atoms with Crippen molar-refractivity contribution in [1.82, 2.24) is 21.3 Å². The third kappa shape index (κ3) is 39.8. The number of ether oxygens (including phenoxy) is 4. The van der Waals surface area contributed by atoms with Crippen molar-refractivity contribution in [1.29, 1.82) is 0 Å². The van der Waals surface area contributed by atoms with Crippen LogP contribution in [0, 0.1) is 23.7 Å². The number of unbranched alkanes of at least 4 members (excludes halogenated alkanes) is 1. The van der Waals surface area contributed by atoms with E-state index in [1.54, 1.807) is 13.8 Å². The highest BCUT2D eigenvalue weighted by molar-refractivity contribution is 7.99. The topological polar surface area (TPSA) is 417 Å². The number of carboxylic acid groups (broad SMARTS) is 4. The fourth-order valence-electron chi connectivity index (χ4n) is 7.69. The Bertz CT molecular complexity index is 1920. The predicted octanol–water partition coefficient (Wildman–Crippen LogP) is 1.47. The number of nitrogens with one attached hydrogen (secondary N) is 4. The monoisotopic (exact) mass is 1160 g/mol. The lowest BCUT2D eigenvalue weighted by Gasteiger charge is -2.28. The minimum Gasteiger partial charge on any atom is -0.481 e. The lowest BCUT2D eigenvalue weighted by atomic mass is 9.79. The molecule has 0 radical (unpaired) electrons. The fraction of sp³-hybridized carbons (Fsp3) is 0.774. The zero-order valence-electron chi connectivity index (χ0n) is 46.7. The third-order valence-corrected chi connectivity index (χ3v) is 13.9. The SMILES string of the molecule is CC(=O)[C@H](C)N.CC[C@@H](CSCC(=O)NCCCC[C@H](NC(=O)COCCOCCNC(=O)COCCOCCCC(=O)CC[C@@H](NC(=O)C1CCC(CCC(=O)CCCC(=O)O)CC1)C(=O)O)C(=O)O)C(=O)C[C@@H](CO)C(=O)O. The lowest BCUT2D eigenvalue weighted by Crippen LogP contribution is -2.44. The van der Waals surface area contributed by atoms with Gasteiger partial charge in [0.25, 0.3) is 0 Å². The number of carbonyl (C=O) groups excluding carboxylic acids is 8. The summed E-state index contributed by atoms with van der Waals surface area (Å²) < 4.78 is 21.3. The van der Waals surface area contributed by atoms with Crippen LogP contribution in [0.25, 0.3) is 0 Å². The van der Waals surface area contributed by atoms with E-state index in [9.17, 15) is 67.7 Å². The minimum atomic E-state index is -1.24. The summed E-state index contributed by atoms with van der Waals surface area (Å²) in [6, 6.07) is -2.65. The smallest absolute Gasteiger partial charge is 0.326 e. The number of carbonyl (C=O) groups is 12. The molecule has 1 aliphatic carbocycles. The van der Waals surface area contributed by atoms with E-state index < -0.39 is 66.9 Å². The van der Waals surface area contributed by atoms with Crippen LogP contribution in [0.4, 0.5) is 0 Å². The second kappa shape index (κ2) is 46.2. The van der Waals surface area contributed by atoms with Crippen molar-refractivity contribution >= 4 is 82.4 Å². The number of nitrogens with two attached hydrogens (primary N) is 1. The van der Waals surface area contributed by atoms with Crippen molar-refractivity contribution in [3.63, 3.8) is 0 Å². The number of ketones is 4. The van der Waals surface area contributed by atoms with Gasteiger partial charge in [0.05, 0.1) is 57.4 Å². The molecule has 1 saturated carbocycles. The fourth-order valence-corrected chi connectivity index (χ4v) is 8.80.